The summed E-state index contributed by atoms with van der Waals surface area (Å²) >= 11 is 0. The maximum absolute atomic E-state index is 12.9. The number of hydrogen-bond donors (Lipinski definition) is 3. The molecule has 1 aromatic carbocycles. The van der Waals surface area contributed by atoms with Crippen LogP contribution in [0.2, 0.25) is 0 Å². The minimum Gasteiger partial charge on any atom is -0.390 e. The van der Waals surface area contributed by atoms with E-state index in [1.807, 2.05) is 19.1 Å². The predicted octanol–water partition coefficient (Wildman–Crippen LogP) is 4.67. The monoisotopic (exact) mass is 492 g/mol. The molecular weight excluding hydrogens is 448 g/mol. The van der Waals surface area contributed by atoms with Crippen LogP contribution in [-0.2, 0) is 17.9 Å². The quantitative estimate of drug-likeness (QED) is 0.474. The Kier molecular flexibility index (Phi) is 7.77. The summed E-state index contributed by atoms with van der Waals surface area (Å²) in [4.78, 5) is 19.2. The molecule has 0 saturated heterocycles. The highest BCUT2D eigenvalue weighted by atomic mass is 16.3. The molecule has 0 bridgehead atoms. The number of anilines is 1. The largest absolute Gasteiger partial charge is 0.390 e. The first-order valence-electron chi connectivity index (χ1n) is 13.4. The maximum Gasteiger partial charge on any atom is 0.220 e. The fraction of sp³-hybridized carbons (Fsp3) is 0.600. The Morgan fingerprint density at radius 2 is 1.81 bits per heavy atom. The summed E-state index contributed by atoms with van der Waals surface area (Å²) in [6.45, 7) is 8.01. The van der Waals surface area contributed by atoms with Crippen molar-refractivity contribution in [2.75, 3.05) is 19.0 Å². The molecule has 2 fully saturated rings. The topological polar surface area (TPSA) is 77.5 Å². The van der Waals surface area contributed by atoms with Crippen molar-refractivity contribution in [3.63, 3.8) is 0 Å². The van der Waals surface area contributed by atoms with E-state index in [0.29, 0.717) is 24.9 Å². The summed E-state index contributed by atoms with van der Waals surface area (Å²) in [5, 5.41) is 18.0. The van der Waals surface area contributed by atoms with Gasteiger partial charge in [-0.15, -0.1) is 0 Å². The third-order valence-corrected chi connectivity index (χ3v) is 8.87. The first kappa shape index (κ1) is 26.6. The van der Waals surface area contributed by atoms with E-state index in [1.54, 1.807) is 12.4 Å². The Bertz CT molecular complexity index is 1020. The molecule has 6 heteroatoms. The molecule has 1 heterocycles. The van der Waals surface area contributed by atoms with Gasteiger partial charge in [-0.25, -0.2) is 0 Å². The second kappa shape index (κ2) is 10.5. The summed E-state index contributed by atoms with van der Waals surface area (Å²) in [5.41, 5.74) is 2.95. The highest BCUT2D eigenvalue weighted by Crippen LogP contribution is 2.63. The van der Waals surface area contributed by atoms with Gasteiger partial charge in [-0.2, -0.15) is 0 Å². The minimum atomic E-state index is -0.634. The standard InChI is InChI=1S/C30H44N4O2/c1-28(2)18-26(32-20-22-8-10-24(11-9-22)34(4)5)30(15-14-29(3,36)17-25(28)30)13-12-27(35)33-21-23-7-6-16-31-19-23/h6-11,16,19,25-26,32,36H,12-15,17-18,20-21H2,1-5H3,(H,33,35)/t25-,26-,29+,30+/m0/s1. The van der Waals surface area contributed by atoms with Crippen LogP contribution in [0.3, 0.4) is 0 Å². The Hall–Kier alpha value is -2.44. The molecule has 2 saturated carbocycles. The Balaban J connectivity index is 1.47. The van der Waals surface area contributed by atoms with E-state index in [4.69, 9.17) is 0 Å². The van der Waals surface area contributed by atoms with Crippen molar-refractivity contribution >= 4 is 11.6 Å². The van der Waals surface area contributed by atoms with Crippen molar-refractivity contribution < 1.29 is 9.90 Å². The second-order valence-electron chi connectivity index (χ2n) is 12.3. The zero-order chi connectivity index (χ0) is 26.0. The van der Waals surface area contributed by atoms with E-state index in [9.17, 15) is 9.90 Å². The van der Waals surface area contributed by atoms with Crippen LogP contribution >= 0.6 is 0 Å². The van der Waals surface area contributed by atoms with Crippen LogP contribution in [0.15, 0.2) is 48.8 Å². The molecular formula is C30H44N4O2. The van der Waals surface area contributed by atoms with Crippen LogP contribution < -0.4 is 15.5 Å². The fourth-order valence-corrected chi connectivity index (χ4v) is 6.80. The number of aromatic nitrogens is 1. The first-order chi connectivity index (χ1) is 17.0. The summed E-state index contributed by atoms with van der Waals surface area (Å²) in [6, 6.07) is 12.9. The number of amides is 1. The zero-order valence-corrected chi connectivity index (χ0v) is 22.7. The predicted molar refractivity (Wildman–Crippen MR) is 146 cm³/mol. The number of nitrogens with one attached hydrogen (secondary N) is 2. The summed E-state index contributed by atoms with van der Waals surface area (Å²) in [7, 11) is 4.12. The number of aliphatic hydroxyl groups is 1. The van der Waals surface area contributed by atoms with Gasteiger partial charge in [0, 0.05) is 57.7 Å². The molecule has 2 aliphatic carbocycles. The van der Waals surface area contributed by atoms with Gasteiger partial charge >= 0.3 is 0 Å². The lowest BCUT2D eigenvalue weighted by Gasteiger charge is -2.51. The van der Waals surface area contributed by atoms with Gasteiger partial charge in [-0.3, -0.25) is 9.78 Å². The molecule has 6 nitrogen and oxygen atoms in total. The van der Waals surface area contributed by atoms with E-state index in [2.05, 4.69) is 72.7 Å². The molecule has 0 spiro atoms. The number of carbonyl (C=O) groups excluding carboxylic acids is 1. The molecule has 36 heavy (non-hydrogen) atoms. The van der Waals surface area contributed by atoms with Gasteiger partial charge in [0.2, 0.25) is 5.91 Å². The van der Waals surface area contributed by atoms with Crippen molar-refractivity contribution in [1.29, 1.82) is 0 Å². The van der Waals surface area contributed by atoms with Gasteiger partial charge in [-0.1, -0.05) is 32.0 Å². The lowest BCUT2D eigenvalue weighted by atomic mass is 9.57. The summed E-state index contributed by atoms with van der Waals surface area (Å²) in [6.07, 6.45) is 8.47. The number of pyridine rings is 1. The number of fused-ring (bicyclic) bond motifs is 1. The Morgan fingerprint density at radius 3 is 2.47 bits per heavy atom. The molecule has 2 aliphatic rings. The number of nitrogens with zero attached hydrogens (tertiary/aromatic N) is 2. The van der Waals surface area contributed by atoms with Crippen molar-refractivity contribution in [1.82, 2.24) is 15.6 Å². The molecule has 1 amide bonds. The van der Waals surface area contributed by atoms with E-state index in [0.717, 1.165) is 44.2 Å². The maximum atomic E-state index is 12.9. The number of hydrogen-bond acceptors (Lipinski definition) is 5. The highest BCUT2D eigenvalue weighted by Gasteiger charge is 2.61. The normalized spacial score (nSPS) is 28.9. The van der Waals surface area contributed by atoms with Crippen molar-refractivity contribution in [3.8, 4) is 0 Å². The average molecular weight is 493 g/mol. The van der Waals surface area contributed by atoms with Gasteiger partial charge in [0.25, 0.3) is 0 Å². The van der Waals surface area contributed by atoms with Crippen LogP contribution in [0.1, 0.15) is 70.4 Å². The van der Waals surface area contributed by atoms with Gasteiger partial charge in [-0.05, 0) is 85.1 Å². The molecule has 0 unspecified atom stereocenters. The Labute approximate surface area is 216 Å². The van der Waals surface area contributed by atoms with Crippen LogP contribution in [0.25, 0.3) is 0 Å². The van der Waals surface area contributed by atoms with Crippen LogP contribution in [-0.4, -0.2) is 41.7 Å². The lowest BCUT2D eigenvalue weighted by Crippen LogP contribution is -2.51. The molecule has 1 aromatic heterocycles. The van der Waals surface area contributed by atoms with Crippen LogP contribution in [0.5, 0.6) is 0 Å². The van der Waals surface area contributed by atoms with Crippen molar-refractivity contribution in [3.05, 3.63) is 59.9 Å². The van der Waals surface area contributed by atoms with E-state index in [-0.39, 0.29) is 16.7 Å². The van der Waals surface area contributed by atoms with E-state index in [1.165, 1.54) is 11.3 Å². The van der Waals surface area contributed by atoms with Gasteiger partial charge in [0.1, 0.15) is 0 Å². The molecule has 0 radical (unpaired) electrons. The second-order valence-corrected chi connectivity index (χ2v) is 12.3. The molecule has 4 atom stereocenters. The van der Waals surface area contributed by atoms with E-state index < -0.39 is 5.60 Å². The molecule has 4 rings (SSSR count). The van der Waals surface area contributed by atoms with E-state index >= 15 is 0 Å². The highest BCUT2D eigenvalue weighted by molar-refractivity contribution is 5.75. The summed E-state index contributed by atoms with van der Waals surface area (Å²) in [5.74, 6) is 0.459. The molecule has 3 N–H and O–H groups in total. The minimum absolute atomic E-state index is 0.000952. The zero-order valence-electron chi connectivity index (χ0n) is 22.7. The van der Waals surface area contributed by atoms with Gasteiger partial charge < -0.3 is 20.6 Å². The third kappa shape index (κ3) is 5.92. The first-order valence-corrected chi connectivity index (χ1v) is 13.4. The summed E-state index contributed by atoms with van der Waals surface area (Å²) < 4.78 is 0. The number of carbonyl (C=O) groups is 1. The molecule has 196 valence electrons. The smallest absolute Gasteiger partial charge is 0.220 e. The van der Waals surface area contributed by atoms with Gasteiger partial charge in [0.15, 0.2) is 0 Å². The lowest BCUT2D eigenvalue weighted by molar-refractivity contribution is -0.123. The fourth-order valence-electron chi connectivity index (χ4n) is 6.80. The van der Waals surface area contributed by atoms with Crippen molar-refractivity contribution in [2.45, 2.75) is 84.0 Å². The van der Waals surface area contributed by atoms with Crippen LogP contribution in [0.4, 0.5) is 5.69 Å². The number of rotatable bonds is 9. The number of benzene rings is 1. The van der Waals surface area contributed by atoms with Crippen LogP contribution in [0, 0.1) is 16.7 Å². The molecule has 0 aliphatic heterocycles. The van der Waals surface area contributed by atoms with Gasteiger partial charge in [0.05, 0.1) is 5.60 Å². The SMILES string of the molecule is CN(C)c1ccc(CN[C@H]2CC(C)(C)[C@@H]3C[C@](C)(O)CC[C@@]23CCC(=O)NCc2cccnc2)cc1. The Morgan fingerprint density at radius 1 is 1.06 bits per heavy atom. The van der Waals surface area contributed by atoms with Crippen molar-refractivity contribution in [2.24, 2.45) is 16.7 Å². The molecule has 2 aromatic rings. The third-order valence-electron chi connectivity index (χ3n) is 8.87. The average Bonchev–Trinajstić information content (AvgIpc) is 3.06.